The molecule has 128 valence electrons. The average Bonchev–Trinajstić information content (AvgIpc) is 2.54. The Labute approximate surface area is 152 Å². The molecule has 0 aliphatic heterocycles. The molecule has 0 atom stereocenters. The molecule has 0 aliphatic rings. The van der Waals surface area contributed by atoms with Crippen LogP contribution in [0.3, 0.4) is 0 Å². The van der Waals surface area contributed by atoms with Gasteiger partial charge in [-0.2, -0.15) is 0 Å². The van der Waals surface area contributed by atoms with Crippen molar-refractivity contribution in [2.24, 2.45) is 5.92 Å². The lowest BCUT2D eigenvalue weighted by molar-refractivity contribution is 0.0950. The second-order valence-corrected chi connectivity index (χ2v) is 6.82. The van der Waals surface area contributed by atoms with Crippen LogP contribution in [0.2, 0.25) is 10.0 Å². The predicted molar refractivity (Wildman–Crippen MR) is 99.0 cm³/mol. The fraction of sp³-hybridized carbons (Fsp3) is 0.316. The van der Waals surface area contributed by atoms with Gasteiger partial charge in [-0.1, -0.05) is 49.2 Å². The molecule has 0 fully saturated rings. The van der Waals surface area contributed by atoms with E-state index < -0.39 is 0 Å². The van der Waals surface area contributed by atoms with E-state index in [4.69, 9.17) is 27.9 Å². The summed E-state index contributed by atoms with van der Waals surface area (Å²) in [5.74, 6) is 1.11. The molecule has 0 saturated heterocycles. The van der Waals surface area contributed by atoms with Gasteiger partial charge < -0.3 is 10.1 Å². The Balaban J connectivity index is 1.94. The van der Waals surface area contributed by atoms with E-state index >= 15 is 0 Å². The lowest BCUT2D eigenvalue weighted by Crippen LogP contribution is -2.23. The van der Waals surface area contributed by atoms with E-state index in [1.165, 1.54) is 0 Å². The molecule has 0 unspecified atom stereocenters. The molecule has 0 heterocycles. The minimum atomic E-state index is -0.171. The van der Waals surface area contributed by atoms with Gasteiger partial charge in [0.05, 0.1) is 6.61 Å². The Bertz CT molecular complexity index is 702. The Morgan fingerprint density at radius 1 is 1.17 bits per heavy atom. The first kappa shape index (κ1) is 18.6. The van der Waals surface area contributed by atoms with Crippen molar-refractivity contribution < 1.29 is 9.53 Å². The number of ether oxygens (including phenoxy) is 1. The van der Waals surface area contributed by atoms with Crippen LogP contribution in [0.5, 0.6) is 5.75 Å². The van der Waals surface area contributed by atoms with Gasteiger partial charge in [0.1, 0.15) is 5.75 Å². The maximum absolute atomic E-state index is 12.3. The van der Waals surface area contributed by atoms with Crippen molar-refractivity contribution in [2.75, 3.05) is 6.61 Å². The van der Waals surface area contributed by atoms with E-state index in [1.54, 1.807) is 30.3 Å². The van der Waals surface area contributed by atoms with E-state index in [0.29, 0.717) is 40.4 Å². The summed E-state index contributed by atoms with van der Waals surface area (Å²) in [5.41, 5.74) is 1.38. The summed E-state index contributed by atoms with van der Waals surface area (Å²) in [6.07, 6.45) is 0.978. The summed E-state index contributed by atoms with van der Waals surface area (Å²) in [4.78, 5) is 12.3. The highest BCUT2D eigenvalue weighted by molar-refractivity contribution is 6.35. The Morgan fingerprint density at radius 3 is 2.67 bits per heavy atom. The van der Waals surface area contributed by atoms with Crippen LogP contribution in [-0.2, 0) is 6.54 Å². The minimum Gasteiger partial charge on any atom is -0.494 e. The number of hydrogen-bond donors (Lipinski definition) is 1. The summed E-state index contributed by atoms with van der Waals surface area (Å²) in [7, 11) is 0. The molecule has 3 nitrogen and oxygen atoms in total. The molecule has 2 aromatic rings. The van der Waals surface area contributed by atoms with Crippen LogP contribution in [0.15, 0.2) is 42.5 Å². The monoisotopic (exact) mass is 365 g/mol. The van der Waals surface area contributed by atoms with Gasteiger partial charge in [0.2, 0.25) is 0 Å². The molecule has 0 aliphatic carbocycles. The van der Waals surface area contributed by atoms with Crippen LogP contribution >= 0.6 is 23.2 Å². The molecule has 2 rings (SSSR count). The number of amides is 1. The largest absolute Gasteiger partial charge is 0.494 e. The molecule has 0 bridgehead atoms. The van der Waals surface area contributed by atoms with Gasteiger partial charge in [0.25, 0.3) is 5.91 Å². The summed E-state index contributed by atoms with van der Waals surface area (Å²) in [6.45, 7) is 5.28. The van der Waals surface area contributed by atoms with Crippen LogP contribution in [-0.4, -0.2) is 12.5 Å². The quantitative estimate of drug-likeness (QED) is 0.718. The second kappa shape index (κ2) is 8.95. The van der Waals surface area contributed by atoms with E-state index in [1.807, 2.05) is 12.1 Å². The number of nitrogens with one attached hydrogen (secondary N) is 1. The number of carbonyl (C=O) groups is 1. The van der Waals surface area contributed by atoms with E-state index in [0.717, 1.165) is 12.0 Å². The van der Waals surface area contributed by atoms with Crippen LogP contribution < -0.4 is 10.1 Å². The third kappa shape index (κ3) is 5.73. The molecule has 1 amide bonds. The summed E-state index contributed by atoms with van der Waals surface area (Å²) in [5, 5.41) is 3.96. The van der Waals surface area contributed by atoms with E-state index in [-0.39, 0.29) is 5.91 Å². The number of carbonyl (C=O) groups excluding carboxylic acids is 1. The summed E-state index contributed by atoms with van der Waals surface area (Å²) in [6, 6.07) is 12.4. The van der Waals surface area contributed by atoms with E-state index in [2.05, 4.69) is 19.2 Å². The summed E-state index contributed by atoms with van der Waals surface area (Å²) >= 11 is 12.0. The molecule has 0 spiro atoms. The smallest absolute Gasteiger partial charge is 0.251 e. The van der Waals surface area contributed by atoms with Crippen molar-refractivity contribution in [3.8, 4) is 5.75 Å². The first-order valence-corrected chi connectivity index (χ1v) is 8.66. The fourth-order valence-electron chi connectivity index (χ4n) is 2.08. The third-order valence-corrected chi connectivity index (χ3v) is 4.10. The summed E-state index contributed by atoms with van der Waals surface area (Å²) < 4.78 is 5.69. The zero-order valence-electron chi connectivity index (χ0n) is 13.8. The van der Waals surface area contributed by atoms with Gasteiger partial charge >= 0.3 is 0 Å². The zero-order valence-corrected chi connectivity index (χ0v) is 15.3. The lowest BCUT2D eigenvalue weighted by Gasteiger charge is -2.10. The van der Waals surface area contributed by atoms with Crippen molar-refractivity contribution in [1.29, 1.82) is 0 Å². The first-order chi connectivity index (χ1) is 11.5. The van der Waals surface area contributed by atoms with Crippen LogP contribution in [0, 0.1) is 5.92 Å². The van der Waals surface area contributed by atoms with Gasteiger partial charge in [0.15, 0.2) is 0 Å². The highest BCUT2D eigenvalue weighted by atomic mass is 35.5. The molecular weight excluding hydrogens is 345 g/mol. The average molecular weight is 366 g/mol. The number of halogens is 2. The zero-order chi connectivity index (χ0) is 17.5. The van der Waals surface area contributed by atoms with Crippen molar-refractivity contribution in [3.05, 3.63) is 63.6 Å². The van der Waals surface area contributed by atoms with Crippen LogP contribution in [0.4, 0.5) is 0 Å². The second-order valence-electron chi connectivity index (χ2n) is 5.98. The van der Waals surface area contributed by atoms with Gasteiger partial charge in [0, 0.05) is 22.2 Å². The van der Waals surface area contributed by atoms with Crippen LogP contribution in [0.25, 0.3) is 0 Å². The van der Waals surface area contributed by atoms with Crippen molar-refractivity contribution in [1.82, 2.24) is 5.32 Å². The first-order valence-electron chi connectivity index (χ1n) is 7.90. The maximum atomic E-state index is 12.3. The van der Waals surface area contributed by atoms with E-state index in [9.17, 15) is 4.79 Å². The van der Waals surface area contributed by atoms with Crippen LogP contribution in [0.1, 0.15) is 36.2 Å². The number of hydrogen-bond acceptors (Lipinski definition) is 2. The molecule has 0 radical (unpaired) electrons. The highest BCUT2D eigenvalue weighted by Crippen LogP contribution is 2.21. The van der Waals surface area contributed by atoms with Crippen molar-refractivity contribution >= 4 is 29.1 Å². The highest BCUT2D eigenvalue weighted by Gasteiger charge is 2.08. The van der Waals surface area contributed by atoms with Gasteiger partial charge in [-0.25, -0.2) is 0 Å². The minimum absolute atomic E-state index is 0.171. The predicted octanol–water partition coefficient (Wildman–Crippen LogP) is 5.35. The van der Waals surface area contributed by atoms with Crippen molar-refractivity contribution in [3.63, 3.8) is 0 Å². The Hall–Kier alpha value is -1.71. The lowest BCUT2D eigenvalue weighted by atomic mass is 10.1. The molecule has 1 N–H and O–H groups in total. The van der Waals surface area contributed by atoms with Gasteiger partial charge in [-0.05, 0) is 48.2 Å². The Kier molecular flexibility index (Phi) is 6.95. The van der Waals surface area contributed by atoms with Gasteiger partial charge in [-0.15, -0.1) is 0 Å². The third-order valence-electron chi connectivity index (χ3n) is 3.51. The maximum Gasteiger partial charge on any atom is 0.251 e. The standard InChI is InChI=1S/C19H21Cl2NO2/c1-13(2)8-9-24-17-5-3-4-14(10-17)19(23)22-12-15-6-7-16(20)11-18(15)21/h3-7,10-11,13H,8-9,12H2,1-2H3,(H,22,23). The Morgan fingerprint density at radius 2 is 1.96 bits per heavy atom. The molecular formula is C19H21Cl2NO2. The molecule has 2 aromatic carbocycles. The molecule has 0 aromatic heterocycles. The fourth-order valence-corrected chi connectivity index (χ4v) is 2.56. The number of rotatable bonds is 7. The SMILES string of the molecule is CC(C)CCOc1cccc(C(=O)NCc2ccc(Cl)cc2Cl)c1. The number of benzene rings is 2. The topological polar surface area (TPSA) is 38.3 Å². The van der Waals surface area contributed by atoms with Gasteiger partial charge in [-0.3, -0.25) is 4.79 Å². The molecule has 24 heavy (non-hydrogen) atoms. The normalized spacial score (nSPS) is 10.7. The molecule has 0 saturated carbocycles. The molecule has 5 heteroatoms. The van der Waals surface area contributed by atoms with Crippen molar-refractivity contribution in [2.45, 2.75) is 26.8 Å².